The summed E-state index contributed by atoms with van der Waals surface area (Å²) in [6.45, 7) is 4.69. The molecule has 0 amide bonds. The lowest BCUT2D eigenvalue weighted by Gasteiger charge is -2.07. The number of benzene rings is 1. The molecule has 4 nitrogen and oxygen atoms in total. The Morgan fingerprint density at radius 1 is 1.24 bits per heavy atom. The van der Waals surface area contributed by atoms with Crippen LogP contribution in [0.4, 0.5) is 0 Å². The van der Waals surface area contributed by atoms with Crippen molar-refractivity contribution >= 4 is 17.6 Å². The van der Waals surface area contributed by atoms with Crippen LogP contribution in [0.25, 0.3) is 0 Å². The zero-order chi connectivity index (χ0) is 15.2. The number of nitrogen functional groups attached to an aromatic ring is 1. The zero-order valence-electron chi connectivity index (χ0n) is 12.2. The summed E-state index contributed by atoms with van der Waals surface area (Å²) in [4.78, 5) is 4.48. The molecule has 1 heterocycles. The standard InChI is InChI=1S/C16H19N3OS/c1-11-9-12(2)19-15(10-11)21-8-7-20-14-5-3-13(4-6-14)16(17)18/h3-6,9-10H,7-8H2,1-2H3,(H3,17,18). The number of nitrogens with zero attached hydrogens (tertiary/aromatic N) is 1. The second-order valence-electron chi connectivity index (χ2n) is 4.76. The molecule has 0 aliphatic carbocycles. The van der Waals surface area contributed by atoms with Gasteiger partial charge in [0.15, 0.2) is 0 Å². The summed E-state index contributed by atoms with van der Waals surface area (Å²) < 4.78 is 5.66. The van der Waals surface area contributed by atoms with Crippen LogP contribution in [-0.4, -0.2) is 23.2 Å². The highest BCUT2D eigenvalue weighted by molar-refractivity contribution is 7.99. The maximum atomic E-state index is 7.33. The number of ether oxygens (including phenoxy) is 1. The molecule has 0 spiro atoms. The monoisotopic (exact) mass is 301 g/mol. The molecule has 0 aliphatic heterocycles. The van der Waals surface area contributed by atoms with Crippen LogP contribution in [0.15, 0.2) is 41.4 Å². The van der Waals surface area contributed by atoms with Crippen molar-refractivity contribution < 1.29 is 4.74 Å². The van der Waals surface area contributed by atoms with Crippen molar-refractivity contribution in [2.75, 3.05) is 12.4 Å². The number of hydrogen-bond donors (Lipinski definition) is 2. The second kappa shape index (κ2) is 7.13. The van der Waals surface area contributed by atoms with Crippen molar-refractivity contribution in [3.05, 3.63) is 53.2 Å². The maximum absolute atomic E-state index is 7.33. The van der Waals surface area contributed by atoms with E-state index in [4.69, 9.17) is 15.9 Å². The molecule has 0 bridgehead atoms. The van der Waals surface area contributed by atoms with Gasteiger partial charge in [-0.3, -0.25) is 5.41 Å². The number of pyridine rings is 1. The zero-order valence-corrected chi connectivity index (χ0v) is 13.0. The van der Waals surface area contributed by atoms with Gasteiger partial charge in [-0.15, -0.1) is 11.8 Å². The van der Waals surface area contributed by atoms with Crippen LogP contribution in [0.3, 0.4) is 0 Å². The average molecular weight is 301 g/mol. The molecule has 0 aliphatic rings. The van der Waals surface area contributed by atoms with E-state index in [1.807, 2.05) is 19.1 Å². The predicted octanol–water partition coefficient (Wildman–Crippen LogP) is 3.15. The number of hydrogen-bond acceptors (Lipinski definition) is 4. The minimum Gasteiger partial charge on any atom is -0.493 e. The van der Waals surface area contributed by atoms with E-state index in [-0.39, 0.29) is 5.84 Å². The number of aromatic nitrogens is 1. The molecule has 0 saturated heterocycles. The van der Waals surface area contributed by atoms with Crippen LogP contribution in [0.1, 0.15) is 16.8 Å². The van der Waals surface area contributed by atoms with E-state index >= 15 is 0 Å². The summed E-state index contributed by atoms with van der Waals surface area (Å²) in [5, 5.41) is 8.36. The Morgan fingerprint density at radius 2 is 1.95 bits per heavy atom. The van der Waals surface area contributed by atoms with Gasteiger partial charge in [-0.25, -0.2) is 4.98 Å². The fourth-order valence-corrected chi connectivity index (χ4v) is 2.77. The number of rotatable bonds is 6. The highest BCUT2D eigenvalue weighted by Gasteiger charge is 2.00. The Kier molecular flexibility index (Phi) is 5.22. The van der Waals surface area contributed by atoms with Crippen molar-refractivity contribution in [3.63, 3.8) is 0 Å². The third kappa shape index (κ3) is 4.79. The minimum absolute atomic E-state index is 0.0676. The van der Waals surface area contributed by atoms with E-state index in [2.05, 4.69) is 24.0 Å². The van der Waals surface area contributed by atoms with E-state index in [0.717, 1.165) is 22.2 Å². The Balaban J connectivity index is 1.80. The lowest BCUT2D eigenvalue weighted by molar-refractivity contribution is 0.344. The molecule has 1 aromatic carbocycles. The molecule has 110 valence electrons. The van der Waals surface area contributed by atoms with E-state index in [1.165, 1.54) is 5.56 Å². The molecule has 0 atom stereocenters. The number of amidine groups is 1. The first-order valence-electron chi connectivity index (χ1n) is 6.70. The van der Waals surface area contributed by atoms with Crippen LogP contribution >= 0.6 is 11.8 Å². The van der Waals surface area contributed by atoms with Crippen LogP contribution in [0, 0.1) is 19.3 Å². The summed E-state index contributed by atoms with van der Waals surface area (Å²) in [6, 6.07) is 11.4. The van der Waals surface area contributed by atoms with Crippen molar-refractivity contribution in [3.8, 4) is 5.75 Å². The summed E-state index contributed by atoms with van der Waals surface area (Å²) in [5.74, 6) is 1.69. The van der Waals surface area contributed by atoms with Gasteiger partial charge in [-0.05, 0) is 55.8 Å². The van der Waals surface area contributed by atoms with E-state index in [0.29, 0.717) is 12.2 Å². The first-order chi connectivity index (χ1) is 10.0. The van der Waals surface area contributed by atoms with Crippen LogP contribution in [0.5, 0.6) is 5.75 Å². The Morgan fingerprint density at radius 3 is 2.57 bits per heavy atom. The van der Waals surface area contributed by atoms with Gasteiger partial charge >= 0.3 is 0 Å². The fourth-order valence-electron chi connectivity index (χ4n) is 1.91. The molecule has 0 fully saturated rings. The first kappa shape index (κ1) is 15.4. The van der Waals surface area contributed by atoms with Crippen molar-refractivity contribution in [2.45, 2.75) is 18.9 Å². The second-order valence-corrected chi connectivity index (χ2v) is 5.87. The Bertz CT molecular complexity index is 606. The number of aryl methyl sites for hydroxylation is 2. The van der Waals surface area contributed by atoms with Gasteiger partial charge in [0.2, 0.25) is 0 Å². The highest BCUT2D eigenvalue weighted by atomic mass is 32.2. The number of nitrogens with one attached hydrogen (secondary N) is 1. The SMILES string of the molecule is Cc1cc(C)nc(SCCOc2ccc(C(=N)N)cc2)c1. The lowest BCUT2D eigenvalue weighted by atomic mass is 10.2. The molecular formula is C16H19N3OS. The first-order valence-corrected chi connectivity index (χ1v) is 7.68. The topological polar surface area (TPSA) is 72.0 Å². The summed E-state index contributed by atoms with van der Waals surface area (Å²) in [7, 11) is 0. The van der Waals surface area contributed by atoms with Crippen molar-refractivity contribution in [1.29, 1.82) is 5.41 Å². The highest BCUT2D eigenvalue weighted by Crippen LogP contribution is 2.18. The lowest BCUT2D eigenvalue weighted by Crippen LogP contribution is -2.10. The van der Waals surface area contributed by atoms with Gasteiger partial charge in [-0.2, -0.15) is 0 Å². The van der Waals surface area contributed by atoms with E-state index in [9.17, 15) is 0 Å². The van der Waals surface area contributed by atoms with Crippen LogP contribution < -0.4 is 10.5 Å². The molecule has 0 unspecified atom stereocenters. The summed E-state index contributed by atoms with van der Waals surface area (Å²) >= 11 is 1.69. The third-order valence-corrected chi connectivity index (χ3v) is 3.72. The molecular weight excluding hydrogens is 282 g/mol. The number of thioether (sulfide) groups is 1. The summed E-state index contributed by atoms with van der Waals surface area (Å²) in [6.07, 6.45) is 0. The molecule has 1 aromatic heterocycles. The molecule has 5 heteroatoms. The molecule has 21 heavy (non-hydrogen) atoms. The largest absolute Gasteiger partial charge is 0.493 e. The quantitative estimate of drug-likeness (QED) is 0.372. The Hall–Kier alpha value is -2.01. The van der Waals surface area contributed by atoms with Crippen molar-refractivity contribution in [2.24, 2.45) is 5.73 Å². The van der Waals surface area contributed by atoms with E-state index < -0.39 is 0 Å². The minimum atomic E-state index is 0.0676. The fraction of sp³-hybridized carbons (Fsp3) is 0.250. The van der Waals surface area contributed by atoms with Gasteiger partial charge in [0, 0.05) is 17.0 Å². The molecule has 3 N–H and O–H groups in total. The van der Waals surface area contributed by atoms with E-state index in [1.54, 1.807) is 23.9 Å². The maximum Gasteiger partial charge on any atom is 0.122 e. The van der Waals surface area contributed by atoms with Crippen LogP contribution in [0.2, 0.25) is 0 Å². The molecule has 2 aromatic rings. The predicted molar refractivity (Wildman–Crippen MR) is 87.4 cm³/mol. The molecule has 2 rings (SSSR count). The van der Waals surface area contributed by atoms with Crippen molar-refractivity contribution in [1.82, 2.24) is 4.98 Å². The smallest absolute Gasteiger partial charge is 0.122 e. The average Bonchev–Trinajstić information content (AvgIpc) is 2.43. The number of nitrogens with two attached hydrogens (primary N) is 1. The van der Waals surface area contributed by atoms with Gasteiger partial charge < -0.3 is 10.5 Å². The van der Waals surface area contributed by atoms with Gasteiger partial charge in [0.05, 0.1) is 11.6 Å². The normalized spacial score (nSPS) is 10.4. The molecule has 0 saturated carbocycles. The van der Waals surface area contributed by atoms with Gasteiger partial charge in [0.1, 0.15) is 11.6 Å². The van der Waals surface area contributed by atoms with Gasteiger partial charge in [-0.1, -0.05) is 0 Å². The third-order valence-electron chi connectivity index (χ3n) is 2.84. The summed E-state index contributed by atoms with van der Waals surface area (Å²) in [5.41, 5.74) is 8.38. The molecule has 0 radical (unpaired) electrons. The van der Waals surface area contributed by atoms with Crippen LogP contribution in [-0.2, 0) is 0 Å². The van der Waals surface area contributed by atoms with Gasteiger partial charge in [0.25, 0.3) is 0 Å². The Labute approximate surface area is 129 Å².